The molecule has 3 heteroatoms. The molecule has 0 bridgehead atoms. The Morgan fingerprint density at radius 1 is 1.10 bits per heavy atom. The van der Waals surface area contributed by atoms with Crippen LogP contribution in [0.25, 0.3) is 5.57 Å². The van der Waals surface area contributed by atoms with Crippen LogP contribution in [0.15, 0.2) is 55.1 Å². The summed E-state index contributed by atoms with van der Waals surface area (Å²) >= 11 is 0. The maximum absolute atomic E-state index is 11.1. The van der Waals surface area contributed by atoms with E-state index in [1.165, 1.54) is 6.07 Å². The molecule has 2 rings (SSSR count). The van der Waals surface area contributed by atoms with Gasteiger partial charge in [0.05, 0.1) is 5.92 Å². The molecule has 2 aromatic carbocycles. The Labute approximate surface area is 117 Å². The van der Waals surface area contributed by atoms with Crippen LogP contribution in [0.2, 0.25) is 0 Å². The van der Waals surface area contributed by atoms with Gasteiger partial charge in [-0.05, 0) is 35.8 Å². The number of phenolic OH excluding ortho intramolecular Hbond substituents is 1. The van der Waals surface area contributed by atoms with E-state index in [2.05, 4.69) is 6.58 Å². The number of aliphatic carboxylic acids is 1. The Hall–Kier alpha value is -2.55. The Morgan fingerprint density at radius 2 is 1.75 bits per heavy atom. The molecule has 0 aliphatic heterocycles. The molecule has 0 radical (unpaired) electrons. The highest BCUT2D eigenvalue weighted by Gasteiger charge is 2.18. The van der Waals surface area contributed by atoms with Crippen LogP contribution in [0.4, 0.5) is 0 Å². The maximum Gasteiger partial charge on any atom is 0.310 e. The molecule has 2 N–H and O–H groups in total. The van der Waals surface area contributed by atoms with Gasteiger partial charge < -0.3 is 10.2 Å². The van der Waals surface area contributed by atoms with Crippen molar-refractivity contribution in [2.24, 2.45) is 0 Å². The Bertz CT molecular complexity index is 645. The summed E-state index contributed by atoms with van der Waals surface area (Å²) in [6, 6.07) is 14.6. The topological polar surface area (TPSA) is 57.5 Å². The van der Waals surface area contributed by atoms with Crippen molar-refractivity contribution in [3.05, 3.63) is 71.8 Å². The highest BCUT2D eigenvalue weighted by Crippen LogP contribution is 2.31. The molecule has 0 saturated heterocycles. The summed E-state index contributed by atoms with van der Waals surface area (Å²) in [6.45, 7) is 5.59. The van der Waals surface area contributed by atoms with E-state index in [1.807, 2.05) is 30.3 Å². The van der Waals surface area contributed by atoms with Gasteiger partial charge >= 0.3 is 5.97 Å². The van der Waals surface area contributed by atoms with Crippen molar-refractivity contribution in [3.8, 4) is 5.75 Å². The molecule has 0 fully saturated rings. The van der Waals surface area contributed by atoms with Crippen LogP contribution in [0.1, 0.15) is 29.5 Å². The summed E-state index contributed by atoms with van der Waals surface area (Å²) < 4.78 is 0. The summed E-state index contributed by atoms with van der Waals surface area (Å²) in [4.78, 5) is 11.1. The van der Waals surface area contributed by atoms with Crippen molar-refractivity contribution in [2.45, 2.75) is 12.8 Å². The second kappa shape index (κ2) is 5.61. The van der Waals surface area contributed by atoms with Gasteiger partial charge in [-0.3, -0.25) is 4.79 Å². The molecular weight excluding hydrogens is 252 g/mol. The van der Waals surface area contributed by atoms with E-state index in [9.17, 15) is 9.90 Å². The molecule has 0 saturated carbocycles. The van der Waals surface area contributed by atoms with Crippen LogP contribution in [-0.2, 0) is 4.79 Å². The molecule has 0 spiro atoms. The van der Waals surface area contributed by atoms with Gasteiger partial charge in [-0.15, -0.1) is 0 Å². The highest BCUT2D eigenvalue weighted by molar-refractivity contribution is 5.81. The largest absolute Gasteiger partial charge is 0.508 e. The number of rotatable bonds is 4. The average Bonchev–Trinajstić information content (AvgIpc) is 2.47. The predicted molar refractivity (Wildman–Crippen MR) is 78.7 cm³/mol. The number of benzene rings is 2. The summed E-state index contributed by atoms with van der Waals surface area (Å²) in [5.41, 5.74) is 2.96. The second-order valence-electron chi connectivity index (χ2n) is 4.68. The molecular formula is C17H16O3. The minimum Gasteiger partial charge on any atom is -0.508 e. The van der Waals surface area contributed by atoms with Gasteiger partial charge in [0, 0.05) is 5.56 Å². The smallest absolute Gasteiger partial charge is 0.310 e. The minimum atomic E-state index is -0.970. The fourth-order valence-corrected chi connectivity index (χ4v) is 2.03. The predicted octanol–water partition coefficient (Wildman–Crippen LogP) is 3.64. The van der Waals surface area contributed by atoms with Crippen molar-refractivity contribution in [3.63, 3.8) is 0 Å². The van der Waals surface area contributed by atoms with Crippen LogP contribution in [0.3, 0.4) is 0 Å². The van der Waals surface area contributed by atoms with E-state index in [4.69, 9.17) is 5.11 Å². The van der Waals surface area contributed by atoms with Crippen molar-refractivity contribution in [2.75, 3.05) is 0 Å². The molecule has 0 aliphatic rings. The Morgan fingerprint density at radius 3 is 2.35 bits per heavy atom. The van der Waals surface area contributed by atoms with Gasteiger partial charge in [0.15, 0.2) is 0 Å². The maximum atomic E-state index is 11.1. The molecule has 3 nitrogen and oxygen atoms in total. The molecule has 1 atom stereocenters. The monoisotopic (exact) mass is 268 g/mol. The number of carboxylic acids is 1. The number of carbonyl (C=O) groups is 1. The minimum absolute atomic E-state index is 0.00971. The summed E-state index contributed by atoms with van der Waals surface area (Å²) in [6.07, 6.45) is 0. The first kappa shape index (κ1) is 13.9. The zero-order chi connectivity index (χ0) is 14.7. The van der Waals surface area contributed by atoms with E-state index in [-0.39, 0.29) is 5.75 Å². The highest BCUT2D eigenvalue weighted by atomic mass is 16.4. The van der Waals surface area contributed by atoms with E-state index >= 15 is 0 Å². The lowest BCUT2D eigenvalue weighted by Crippen LogP contribution is -2.08. The fraction of sp³-hybridized carbons (Fsp3) is 0.118. The standard InChI is InChI=1S/C17H16O3/c1-11(13-6-4-3-5-7-13)14-8-9-16(18)15(10-14)12(2)17(19)20/h3-10,12,18H,1H2,2H3,(H,19,20). The lowest BCUT2D eigenvalue weighted by Gasteiger charge is -2.13. The van der Waals surface area contributed by atoms with E-state index in [0.717, 1.165) is 16.7 Å². The number of hydrogen-bond acceptors (Lipinski definition) is 2. The van der Waals surface area contributed by atoms with Crippen molar-refractivity contribution in [1.29, 1.82) is 0 Å². The van der Waals surface area contributed by atoms with Crippen molar-refractivity contribution < 1.29 is 15.0 Å². The number of carboxylic acid groups (broad SMARTS) is 1. The van der Waals surface area contributed by atoms with Gasteiger partial charge in [0.2, 0.25) is 0 Å². The van der Waals surface area contributed by atoms with E-state index in [1.54, 1.807) is 19.1 Å². The first-order valence-corrected chi connectivity index (χ1v) is 6.31. The number of phenols is 1. The molecule has 0 amide bonds. The summed E-state index contributed by atoms with van der Waals surface area (Å²) in [5, 5.41) is 18.9. The van der Waals surface area contributed by atoms with Crippen molar-refractivity contribution >= 4 is 11.5 Å². The first-order chi connectivity index (χ1) is 9.50. The molecule has 2 aromatic rings. The molecule has 0 heterocycles. The van der Waals surface area contributed by atoms with Gasteiger partial charge in [-0.25, -0.2) is 0 Å². The molecule has 20 heavy (non-hydrogen) atoms. The normalized spacial score (nSPS) is 11.8. The third kappa shape index (κ3) is 2.72. The number of hydrogen-bond donors (Lipinski definition) is 2. The number of aromatic hydroxyl groups is 1. The average molecular weight is 268 g/mol. The summed E-state index contributed by atoms with van der Waals surface area (Å²) in [7, 11) is 0. The van der Waals surface area contributed by atoms with Gasteiger partial charge in [0.1, 0.15) is 5.75 Å². The second-order valence-corrected chi connectivity index (χ2v) is 4.68. The van der Waals surface area contributed by atoms with Gasteiger partial charge in [-0.1, -0.05) is 43.0 Å². The van der Waals surface area contributed by atoms with E-state index in [0.29, 0.717) is 5.56 Å². The van der Waals surface area contributed by atoms with Crippen molar-refractivity contribution in [1.82, 2.24) is 0 Å². The third-order valence-electron chi connectivity index (χ3n) is 3.34. The fourth-order valence-electron chi connectivity index (χ4n) is 2.03. The Balaban J connectivity index is 2.42. The van der Waals surface area contributed by atoms with Crippen LogP contribution in [0.5, 0.6) is 5.75 Å². The lowest BCUT2D eigenvalue weighted by atomic mass is 9.93. The SMILES string of the molecule is C=C(c1ccccc1)c1ccc(O)c(C(C)C(=O)O)c1. The zero-order valence-corrected chi connectivity index (χ0v) is 11.2. The molecule has 1 unspecified atom stereocenters. The molecule has 102 valence electrons. The quantitative estimate of drug-likeness (QED) is 0.890. The lowest BCUT2D eigenvalue weighted by molar-refractivity contribution is -0.138. The van der Waals surface area contributed by atoms with E-state index < -0.39 is 11.9 Å². The summed E-state index contributed by atoms with van der Waals surface area (Å²) in [5.74, 6) is -1.74. The van der Waals surface area contributed by atoms with Gasteiger partial charge in [0.25, 0.3) is 0 Å². The molecule has 0 aromatic heterocycles. The van der Waals surface area contributed by atoms with Crippen LogP contribution < -0.4 is 0 Å². The Kier molecular flexibility index (Phi) is 3.89. The third-order valence-corrected chi connectivity index (χ3v) is 3.34. The van der Waals surface area contributed by atoms with Gasteiger partial charge in [-0.2, -0.15) is 0 Å². The molecule has 0 aliphatic carbocycles. The van der Waals surface area contributed by atoms with Crippen LogP contribution in [-0.4, -0.2) is 16.2 Å². The van der Waals surface area contributed by atoms with Crippen LogP contribution in [0, 0.1) is 0 Å². The van der Waals surface area contributed by atoms with Crippen LogP contribution >= 0.6 is 0 Å². The zero-order valence-electron chi connectivity index (χ0n) is 11.2. The first-order valence-electron chi connectivity index (χ1n) is 6.31.